The molecule has 0 atom stereocenters. The normalized spacial score (nSPS) is 16.4. The lowest BCUT2D eigenvalue weighted by Gasteiger charge is -2.29. The molecule has 2 aromatic heterocycles. The van der Waals surface area contributed by atoms with Gasteiger partial charge in [-0.15, -0.1) is 0 Å². The summed E-state index contributed by atoms with van der Waals surface area (Å²) in [6.07, 6.45) is 6.25. The largest absolute Gasteiger partial charge is 0.378 e. The average Bonchev–Trinajstić information content (AvgIpc) is 3.25. The number of carbonyl (C=O) groups excluding carboxylic acids is 1. The van der Waals surface area contributed by atoms with Gasteiger partial charge in [0.15, 0.2) is 0 Å². The number of aromatic nitrogens is 2. The van der Waals surface area contributed by atoms with Crippen LogP contribution in [0.1, 0.15) is 27.3 Å². The predicted molar refractivity (Wildman–Crippen MR) is 118 cm³/mol. The van der Waals surface area contributed by atoms with Crippen molar-refractivity contribution in [1.29, 1.82) is 0 Å². The molecule has 2 aliphatic rings. The number of ether oxygens (including phenoxy) is 1. The third-order valence-electron chi connectivity index (χ3n) is 5.67. The molecule has 0 saturated carbocycles. The highest BCUT2D eigenvalue weighted by molar-refractivity contribution is 5.97. The number of anilines is 1. The van der Waals surface area contributed by atoms with Gasteiger partial charge in [0.1, 0.15) is 5.82 Å². The zero-order valence-corrected chi connectivity index (χ0v) is 17.0. The van der Waals surface area contributed by atoms with Crippen LogP contribution in [0.2, 0.25) is 0 Å². The molecule has 0 spiro atoms. The van der Waals surface area contributed by atoms with Crippen LogP contribution in [0.3, 0.4) is 0 Å². The molecule has 6 nitrogen and oxygen atoms in total. The third-order valence-corrected chi connectivity index (χ3v) is 5.67. The number of benzene rings is 1. The highest BCUT2D eigenvalue weighted by Gasteiger charge is 2.20. The molecule has 7 heteroatoms. The maximum absolute atomic E-state index is 14.6. The molecule has 1 fully saturated rings. The summed E-state index contributed by atoms with van der Waals surface area (Å²) in [6.45, 7) is 3.30. The van der Waals surface area contributed by atoms with Crippen LogP contribution in [0.5, 0.6) is 0 Å². The van der Waals surface area contributed by atoms with E-state index in [-0.39, 0.29) is 11.7 Å². The Morgan fingerprint density at radius 1 is 1.10 bits per heavy atom. The Kier molecular flexibility index (Phi) is 5.26. The minimum Gasteiger partial charge on any atom is -0.378 e. The lowest BCUT2D eigenvalue weighted by atomic mass is 10.1. The monoisotopic (exact) mass is 418 g/mol. The Hall–Kier alpha value is -3.45. The summed E-state index contributed by atoms with van der Waals surface area (Å²) in [6, 6.07) is 11.0. The number of pyridine rings is 1. The predicted octanol–water partition coefficient (Wildman–Crippen LogP) is 3.51. The number of rotatable bonds is 4. The van der Waals surface area contributed by atoms with Crippen molar-refractivity contribution >= 4 is 23.7 Å². The van der Waals surface area contributed by atoms with Crippen LogP contribution in [0, 0.1) is 5.82 Å². The molecule has 1 saturated heterocycles. The summed E-state index contributed by atoms with van der Waals surface area (Å²) in [5.41, 5.74) is 5.64. The number of nitrogens with one attached hydrogen (secondary N) is 2. The molecule has 4 heterocycles. The number of nitrogens with zero attached hydrogens (tertiary/aromatic N) is 2. The minimum atomic E-state index is -0.235. The quantitative estimate of drug-likeness (QED) is 0.680. The number of morpholine rings is 1. The number of fused-ring (bicyclic) bond motifs is 1. The fourth-order valence-corrected chi connectivity index (χ4v) is 4.03. The number of aromatic amines is 1. The van der Waals surface area contributed by atoms with Crippen LogP contribution in [-0.4, -0.2) is 48.7 Å². The molecule has 1 amide bonds. The van der Waals surface area contributed by atoms with E-state index in [2.05, 4.69) is 15.3 Å². The minimum absolute atomic E-state index is 0.0412. The van der Waals surface area contributed by atoms with Crippen LogP contribution in [0.25, 0.3) is 23.4 Å². The molecule has 5 rings (SSSR count). The number of hydrogen-bond donors (Lipinski definition) is 2. The first-order chi connectivity index (χ1) is 15.2. The van der Waals surface area contributed by atoms with Crippen molar-refractivity contribution in [2.75, 3.05) is 37.7 Å². The molecular weight excluding hydrogens is 395 g/mol. The first-order valence-corrected chi connectivity index (χ1v) is 10.4. The lowest BCUT2D eigenvalue weighted by Crippen LogP contribution is -2.36. The second-order valence-electron chi connectivity index (χ2n) is 7.69. The molecule has 158 valence electrons. The molecular formula is C24H23FN4O2. The van der Waals surface area contributed by atoms with E-state index in [0.29, 0.717) is 44.1 Å². The van der Waals surface area contributed by atoms with E-state index in [1.165, 1.54) is 0 Å². The van der Waals surface area contributed by atoms with E-state index in [0.717, 1.165) is 34.6 Å². The van der Waals surface area contributed by atoms with Gasteiger partial charge < -0.3 is 19.9 Å². The number of hydrogen-bond acceptors (Lipinski definition) is 4. The van der Waals surface area contributed by atoms with Gasteiger partial charge in [-0.2, -0.15) is 0 Å². The molecule has 0 radical (unpaired) electrons. The fraction of sp³-hybridized carbons (Fsp3) is 0.250. The highest BCUT2D eigenvalue weighted by Crippen LogP contribution is 2.25. The van der Waals surface area contributed by atoms with Gasteiger partial charge in [0.05, 0.1) is 30.2 Å². The maximum atomic E-state index is 14.6. The molecule has 2 aliphatic heterocycles. The van der Waals surface area contributed by atoms with Gasteiger partial charge >= 0.3 is 0 Å². The van der Waals surface area contributed by atoms with Crippen LogP contribution in [0.4, 0.5) is 10.1 Å². The first kappa shape index (κ1) is 19.5. The topological polar surface area (TPSA) is 70.2 Å². The Morgan fingerprint density at radius 2 is 1.97 bits per heavy atom. The fourth-order valence-electron chi connectivity index (χ4n) is 4.03. The van der Waals surface area contributed by atoms with Crippen molar-refractivity contribution in [2.24, 2.45) is 0 Å². The van der Waals surface area contributed by atoms with Gasteiger partial charge in [0, 0.05) is 49.2 Å². The lowest BCUT2D eigenvalue weighted by molar-refractivity contribution is 0.0946. The second kappa shape index (κ2) is 8.35. The van der Waals surface area contributed by atoms with Crippen molar-refractivity contribution in [2.45, 2.75) is 6.42 Å². The van der Waals surface area contributed by atoms with E-state index in [1.807, 2.05) is 47.4 Å². The zero-order valence-electron chi connectivity index (χ0n) is 17.0. The van der Waals surface area contributed by atoms with Crippen molar-refractivity contribution in [3.63, 3.8) is 0 Å². The standard InChI is InChI=1S/C24H23FN4O2/c25-20-13-16(2-4-23(20)29-9-11-31-12-10-29)1-3-18-14-17(5-7-26-18)22-15-19-21(28-22)6-8-27-24(19)30/h1-5,7,13-15,28H,6,8-12H2,(H,27,30). The van der Waals surface area contributed by atoms with Crippen molar-refractivity contribution in [3.05, 3.63) is 70.9 Å². The van der Waals surface area contributed by atoms with Gasteiger partial charge in [0.25, 0.3) is 5.91 Å². The third kappa shape index (κ3) is 4.09. The molecule has 1 aromatic carbocycles. The van der Waals surface area contributed by atoms with Gasteiger partial charge in [-0.1, -0.05) is 12.1 Å². The average molecular weight is 418 g/mol. The van der Waals surface area contributed by atoms with Crippen LogP contribution >= 0.6 is 0 Å². The molecule has 2 N–H and O–H groups in total. The summed E-state index contributed by atoms with van der Waals surface area (Å²) in [5.74, 6) is -0.276. The van der Waals surface area contributed by atoms with E-state index < -0.39 is 0 Å². The summed E-state index contributed by atoms with van der Waals surface area (Å²) in [5, 5.41) is 2.86. The number of amides is 1. The van der Waals surface area contributed by atoms with Crippen molar-refractivity contribution < 1.29 is 13.9 Å². The van der Waals surface area contributed by atoms with Crippen LogP contribution in [-0.2, 0) is 11.2 Å². The molecule has 3 aromatic rings. The number of halogens is 1. The second-order valence-corrected chi connectivity index (χ2v) is 7.69. The van der Waals surface area contributed by atoms with E-state index in [9.17, 15) is 9.18 Å². The van der Waals surface area contributed by atoms with Crippen molar-refractivity contribution in [1.82, 2.24) is 15.3 Å². The van der Waals surface area contributed by atoms with Crippen molar-refractivity contribution in [3.8, 4) is 11.3 Å². The van der Waals surface area contributed by atoms with Crippen LogP contribution < -0.4 is 10.2 Å². The number of H-pyrrole nitrogens is 1. The summed E-state index contributed by atoms with van der Waals surface area (Å²) in [4.78, 5) is 21.8. The Labute approximate surface area is 179 Å². The Morgan fingerprint density at radius 3 is 2.77 bits per heavy atom. The molecule has 0 unspecified atom stereocenters. The smallest absolute Gasteiger partial charge is 0.253 e. The SMILES string of the molecule is O=C1NCCc2[nH]c(-c3ccnc(C=Cc4ccc(N5CCOCC5)c(F)c4)c3)cc21. The summed E-state index contributed by atoms with van der Waals surface area (Å²) in [7, 11) is 0. The Balaban J connectivity index is 1.35. The molecule has 31 heavy (non-hydrogen) atoms. The summed E-state index contributed by atoms with van der Waals surface area (Å²) < 4.78 is 20.0. The molecule has 0 aliphatic carbocycles. The van der Waals surface area contributed by atoms with Gasteiger partial charge in [-0.3, -0.25) is 9.78 Å². The number of carbonyl (C=O) groups is 1. The van der Waals surface area contributed by atoms with Gasteiger partial charge in [-0.05, 0) is 42.0 Å². The van der Waals surface area contributed by atoms with Gasteiger partial charge in [0.2, 0.25) is 0 Å². The highest BCUT2D eigenvalue weighted by atomic mass is 19.1. The van der Waals surface area contributed by atoms with E-state index >= 15 is 0 Å². The van der Waals surface area contributed by atoms with E-state index in [4.69, 9.17) is 4.74 Å². The maximum Gasteiger partial charge on any atom is 0.253 e. The summed E-state index contributed by atoms with van der Waals surface area (Å²) >= 11 is 0. The van der Waals surface area contributed by atoms with Gasteiger partial charge in [-0.25, -0.2) is 4.39 Å². The zero-order chi connectivity index (χ0) is 21.2. The molecule has 0 bridgehead atoms. The Bertz CT molecular complexity index is 1150. The van der Waals surface area contributed by atoms with E-state index in [1.54, 1.807) is 12.3 Å². The van der Waals surface area contributed by atoms with Crippen LogP contribution in [0.15, 0.2) is 42.6 Å². The first-order valence-electron chi connectivity index (χ1n) is 10.4.